The third-order valence-corrected chi connectivity index (χ3v) is 4.75. The first-order chi connectivity index (χ1) is 12.0. The molecule has 0 unspecified atom stereocenters. The summed E-state index contributed by atoms with van der Waals surface area (Å²) in [6.45, 7) is 1.16. The highest BCUT2D eigenvalue weighted by atomic mass is 127. The molecule has 0 bridgehead atoms. The highest BCUT2D eigenvalue weighted by Gasteiger charge is 2.42. The van der Waals surface area contributed by atoms with Crippen LogP contribution in [-0.2, 0) is 11.3 Å². The van der Waals surface area contributed by atoms with Crippen molar-refractivity contribution in [2.45, 2.75) is 32.2 Å². The van der Waals surface area contributed by atoms with Crippen molar-refractivity contribution in [2.75, 3.05) is 27.7 Å². The van der Waals surface area contributed by atoms with E-state index in [0.717, 1.165) is 31.2 Å². The number of nitrogens with one attached hydrogen (secondary N) is 2. The SMILES string of the molecule is CN=C(NCc1cccc(C#N)c1)NCC1(C(=O)N(C)C)CCCC1.I. The second-order valence-corrected chi connectivity index (χ2v) is 6.78. The summed E-state index contributed by atoms with van der Waals surface area (Å²) >= 11 is 0. The molecule has 0 atom stereocenters. The van der Waals surface area contributed by atoms with Crippen LogP contribution in [0.2, 0.25) is 0 Å². The fourth-order valence-corrected chi connectivity index (χ4v) is 3.40. The maximum absolute atomic E-state index is 12.6. The van der Waals surface area contributed by atoms with E-state index in [9.17, 15) is 4.79 Å². The zero-order valence-electron chi connectivity index (χ0n) is 15.7. The second kappa shape index (κ2) is 10.4. The maximum Gasteiger partial charge on any atom is 0.230 e. The molecule has 1 aromatic carbocycles. The van der Waals surface area contributed by atoms with Gasteiger partial charge in [-0.1, -0.05) is 25.0 Å². The Kier molecular flexibility index (Phi) is 8.85. The Balaban J connectivity index is 0.00000338. The third-order valence-electron chi connectivity index (χ3n) is 4.75. The summed E-state index contributed by atoms with van der Waals surface area (Å²) in [5.74, 6) is 0.856. The number of aliphatic imine (C=N–C) groups is 1. The Hall–Kier alpha value is -1.82. The van der Waals surface area contributed by atoms with E-state index < -0.39 is 0 Å². The van der Waals surface area contributed by atoms with Crippen molar-refractivity contribution in [1.29, 1.82) is 5.26 Å². The van der Waals surface area contributed by atoms with E-state index in [1.807, 2.05) is 32.3 Å². The van der Waals surface area contributed by atoms with Crippen molar-refractivity contribution in [1.82, 2.24) is 15.5 Å². The van der Waals surface area contributed by atoms with Gasteiger partial charge < -0.3 is 15.5 Å². The number of rotatable bonds is 5. The van der Waals surface area contributed by atoms with Gasteiger partial charge in [0.15, 0.2) is 5.96 Å². The molecule has 1 amide bonds. The topological polar surface area (TPSA) is 80.5 Å². The molecular formula is C19H28IN5O. The Morgan fingerprint density at radius 3 is 2.58 bits per heavy atom. The van der Waals surface area contributed by atoms with Gasteiger partial charge in [-0.3, -0.25) is 9.79 Å². The monoisotopic (exact) mass is 469 g/mol. The molecule has 0 aromatic heterocycles. The molecule has 6 nitrogen and oxygen atoms in total. The van der Waals surface area contributed by atoms with E-state index >= 15 is 0 Å². The van der Waals surface area contributed by atoms with Crippen LogP contribution in [0.25, 0.3) is 0 Å². The van der Waals surface area contributed by atoms with Crippen LogP contribution < -0.4 is 10.6 Å². The fourth-order valence-electron chi connectivity index (χ4n) is 3.40. The first-order valence-electron chi connectivity index (χ1n) is 8.66. The van der Waals surface area contributed by atoms with Gasteiger partial charge in [0.05, 0.1) is 17.0 Å². The van der Waals surface area contributed by atoms with Gasteiger partial charge >= 0.3 is 0 Å². The van der Waals surface area contributed by atoms with Crippen molar-refractivity contribution in [3.05, 3.63) is 35.4 Å². The van der Waals surface area contributed by atoms with Crippen LogP contribution in [0.4, 0.5) is 0 Å². The molecule has 142 valence electrons. The standard InChI is InChI=1S/C19H27N5O.HI/c1-21-18(22-13-16-8-6-7-15(11-16)12-20)23-14-19(9-4-5-10-19)17(25)24(2)3;/h6-8,11H,4-5,9-10,13-14H2,1-3H3,(H2,21,22,23);1H. The summed E-state index contributed by atoms with van der Waals surface area (Å²) in [6, 6.07) is 9.62. The first-order valence-corrected chi connectivity index (χ1v) is 8.66. The Bertz CT molecular complexity index is 675. The molecule has 2 rings (SSSR count). The molecule has 1 fully saturated rings. The minimum Gasteiger partial charge on any atom is -0.355 e. The number of amides is 1. The van der Waals surface area contributed by atoms with E-state index in [-0.39, 0.29) is 35.3 Å². The van der Waals surface area contributed by atoms with Crippen LogP contribution in [-0.4, -0.2) is 44.5 Å². The summed E-state index contributed by atoms with van der Waals surface area (Å²) in [5, 5.41) is 15.5. The number of nitriles is 1. The van der Waals surface area contributed by atoms with Gasteiger partial charge in [-0.2, -0.15) is 5.26 Å². The predicted molar refractivity (Wildman–Crippen MR) is 114 cm³/mol. The molecule has 0 radical (unpaired) electrons. The van der Waals surface area contributed by atoms with Crippen molar-refractivity contribution in [3.8, 4) is 6.07 Å². The van der Waals surface area contributed by atoms with Gasteiger partial charge in [0, 0.05) is 34.2 Å². The Morgan fingerprint density at radius 1 is 1.31 bits per heavy atom. The van der Waals surface area contributed by atoms with E-state index in [2.05, 4.69) is 21.7 Å². The van der Waals surface area contributed by atoms with Gasteiger partial charge in [-0.15, -0.1) is 24.0 Å². The Labute approximate surface area is 173 Å². The normalized spacial score (nSPS) is 15.5. The van der Waals surface area contributed by atoms with E-state index in [1.165, 1.54) is 0 Å². The van der Waals surface area contributed by atoms with Crippen LogP contribution in [0.5, 0.6) is 0 Å². The van der Waals surface area contributed by atoms with Crippen molar-refractivity contribution < 1.29 is 4.79 Å². The van der Waals surface area contributed by atoms with E-state index in [0.29, 0.717) is 24.6 Å². The zero-order chi connectivity index (χ0) is 18.3. The minimum absolute atomic E-state index is 0. The van der Waals surface area contributed by atoms with Gasteiger partial charge in [-0.25, -0.2) is 0 Å². The molecule has 0 saturated heterocycles. The molecule has 1 saturated carbocycles. The lowest BCUT2D eigenvalue weighted by Gasteiger charge is -2.31. The molecule has 7 heteroatoms. The predicted octanol–water partition coefficient (Wildman–Crippen LogP) is 2.49. The quantitative estimate of drug-likeness (QED) is 0.395. The number of nitrogens with zero attached hydrogens (tertiary/aromatic N) is 3. The van der Waals surface area contributed by atoms with E-state index in [4.69, 9.17) is 5.26 Å². The number of carbonyl (C=O) groups is 1. The number of halogens is 1. The highest BCUT2D eigenvalue weighted by molar-refractivity contribution is 14.0. The summed E-state index contributed by atoms with van der Waals surface area (Å²) in [7, 11) is 5.35. The lowest BCUT2D eigenvalue weighted by molar-refractivity contribution is -0.138. The molecule has 0 aliphatic heterocycles. The van der Waals surface area contributed by atoms with Crippen LogP contribution >= 0.6 is 24.0 Å². The fraction of sp³-hybridized carbons (Fsp3) is 0.526. The molecule has 26 heavy (non-hydrogen) atoms. The van der Waals surface area contributed by atoms with Crippen LogP contribution in [0.1, 0.15) is 36.8 Å². The minimum atomic E-state index is -0.332. The molecule has 1 aromatic rings. The molecule has 1 aliphatic rings. The van der Waals surface area contributed by atoms with Crippen LogP contribution in [0.15, 0.2) is 29.3 Å². The van der Waals surface area contributed by atoms with Crippen LogP contribution in [0, 0.1) is 16.7 Å². The lowest BCUT2D eigenvalue weighted by Crippen LogP contribution is -2.49. The number of carbonyl (C=O) groups excluding carboxylic acids is 1. The maximum atomic E-state index is 12.6. The van der Waals surface area contributed by atoms with Gasteiger partial charge in [0.1, 0.15) is 0 Å². The third kappa shape index (κ3) is 5.59. The number of hydrogen-bond acceptors (Lipinski definition) is 3. The van der Waals surface area contributed by atoms with Gasteiger partial charge in [-0.05, 0) is 30.5 Å². The van der Waals surface area contributed by atoms with Crippen molar-refractivity contribution in [2.24, 2.45) is 10.4 Å². The molecule has 0 spiro atoms. The van der Waals surface area contributed by atoms with Gasteiger partial charge in [0.2, 0.25) is 5.91 Å². The molecule has 2 N–H and O–H groups in total. The highest BCUT2D eigenvalue weighted by Crippen LogP contribution is 2.38. The summed E-state index contributed by atoms with van der Waals surface area (Å²) < 4.78 is 0. The first kappa shape index (κ1) is 22.2. The summed E-state index contributed by atoms with van der Waals surface area (Å²) in [4.78, 5) is 18.6. The molecular weight excluding hydrogens is 441 g/mol. The zero-order valence-corrected chi connectivity index (χ0v) is 18.0. The second-order valence-electron chi connectivity index (χ2n) is 6.78. The number of benzene rings is 1. The molecule has 1 aliphatic carbocycles. The summed E-state index contributed by atoms with van der Waals surface area (Å²) in [6.07, 6.45) is 4.01. The largest absolute Gasteiger partial charge is 0.355 e. The lowest BCUT2D eigenvalue weighted by atomic mass is 9.84. The van der Waals surface area contributed by atoms with Crippen LogP contribution in [0.3, 0.4) is 0 Å². The average molecular weight is 469 g/mol. The van der Waals surface area contributed by atoms with E-state index in [1.54, 1.807) is 18.0 Å². The average Bonchev–Trinajstić information content (AvgIpc) is 3.11. The molecule has 0 heterocycles. The van der Waals surface area contributed by atoms with Crippen molar-refractivity contribution >= 4 is 35.8 Å². The smallest absolute Gasteiger partial charge is 0.230 e. The number of hydrogen-bond donors (Lipinski definition) is 2. The number of guanidine groups is 1. The van der Waals surface area contributed by atoms with Crippen molar-refractivity contribution in [3.63, 3.8) is 0 Å². The van der Waals surface area contributed by atoms with Gasteiger partial charge in [0.25, 0.3) is 0 Å². The summed E-state index contributed by atoms with van der Waals surface area (Å²) in [5.41, 5.74) is 1.33. The Morgan fingerprint density at radius 2 is 2.00 bits per heavy atom.